The average molecular weight is 417 g/mol. The van der Waals surface area contributed by atoms with Gasteiger partial charge in [-0.15, -0.1) is 10.2 Å². The van der Waals surface area contributed by atoms with Crippen molar-refractivity contribution in [3.8, 4) is 0 Å². The van der Waals surface area contributed by atoms with Crippen molar-refractivity contribution in [2.75, 3.05) is 6.54 Å². The van der Waals surface area contributed by atoms with Crippen LogP contribution in [0.3, 0.4) is 0 Å². The first-order valence-electron chi connectivity index (χ1n) is 11.3. The van der Waals surface area contributed by atoms with Crippen molar-refractivity contribution >= 4 is 22.5 Å². The summed E-state index contributed by atoms with van der Waals surface area (Å²) in [4.78, 5) is 12.9. The van der Waals surface area contributed by atoms with Gasteiger partial charge in [-0.05, 0) is 37.0 Å². The van der Waals surface area contributed by atoms with Gasteiger partial charge in [-0.1, -0.05) is 49.9 Å². The van der Waals surface area contributed by atoms with Gasteiger partial charge in [0.1, 0.15) is 5.82 Å². The number of carbonyl (C=O) groups is 1. The zero-order chi connectivity index (χ0) is 21.0. The summed E-state index contributed by atoms with van der Waals surface area (Å²) in [6.07, 6.45) is 10.4. The first-order valence-corrected chi connectivity index (χ1v) is 11.3. The van der Waals surface area contributed by atoms with Gasteiger partial charge in [0.2, 0.25) is 0 Å². The molecule has 1 N–H and O–H groups in total. The van der Waals surface area contributed by atoms with Gasteiger partial charge in [-0.2, -0.15) is 5.10 Å². The first kappa shape index (κ1) is 19.7. The second-order valence-electron chi connectivity index (χ2n) is 8.43. The van der Waals surface area contributed by atoms with E-state index in [0.29, 0.717) is 18.7 Å². The largest absolute Gasteiger partial charge is 0.350 e. The Hall–Kier alpha value is -3.22. The minimum Gasteiger partial charge on any atom is -0.350 e. The Bertz CT molecular complexity index is 1190. The fourth-order valence-electron chi connectivity index (χ4n) is 4.73. The first-order chi connectivity index (χ1) is 15.3. The highest BCUT2D eigenvalue weighted by Crippen LogP contribution is 2.29. The van der Waals surface area contributed by atoms with Gasteiger partial charge in [0.15, 0.2) is 11.3 Å². The summed E-state index contributed by atoms with van der Waals surface area (Å²) in [5.41, 5.74) is 2.34. The summed E-state index contributed by atoms with van der Waals surface area (Å²) in [5.74, 6) is 1.57. The van der Waals surface area contributed by atoms with Crippen LogP contribution in [0, 0.1) is 5.92 Å². The Morgan fingerprint density at radius 2 is 1.90 bits per heavy atom. The Morgan fingerprint density at radius 3 is 2.81 bits per heavy atom. The predicted octanol–water partition coefficient (Wildman–Crippen LogP) is 4.02. The molecular weight excluding hydrogens is 388 g/mol. The fraction of sp³-hybridized carbons (Fsp3) is 0.417. The Kier molecular flexibility index (Phi) is 5.65. The number of hydrogen-bond acceptors (Lipinski definition) is 4. The second-order valence-corrected chi connectivity index (χ2v) is 8.43. The van der Waals surface area contributed by atoms with E-state index in [4.69, 9.17) is 5.10 Å². The zero-order valence-corrected chi connectivity index (χ0v) is 17.7. The molecule has 0 bridgehead atoms. The molecule has 4 aromatic rings. The summed E-state index contributed by atoms with van der Waals surface area (Å²) < 4.78 is 3.95. The Balaban J connectivity index is 1.24. The number of nitrogens with zero attached hydrogens (tertiary/aromatic N) is 5. The molecule has 0 spiro atoms. The number of nitrogens with one attached hydrogen (secondary N) is 1. The van der Waals surface area contributed by atoms with Gasteiger partial charge in [0, 0.05) is 31.1 Å². The molecule has 0 atom stereocenters. The van der Waals surface area contributed by atoms with E-state index >= 15 is 0 Å². The maximum Gasteiger partial charge on any atom is 0.272 e. The maximum atomic E-state index is 12.9. The van der Waals surface area contributed by atoms with Crippen molar-refractivity contribution in [1.29, 1.82) is 0 Å². The topological polar surface area (TPSA) is 77.1 Å². The Morgan fingerprint density at radius 1 is 1.06 bits per heavy atom. The molecule has 1 fully saturated rings. The number of benzene rings is 1. The zero-order valence-electron chi connectivity index (χ0n) is 17.7. The van der Waals surface area contributed by atoms with Gasteiger partial charge < -0.3 is 5.32 Å². The van der Waals surface area contributed by atoms with Crippen LogP contribution in [0.4, 0.5) is 0 Å². The number of hydrogen-bond donors (Lipinski definition) is 1. The molecule has 5 rings (SSSR count). The molecule has 0 unspecified atom stereocenters. The normalized spacial score (nSPS) is 14.6. The van der Waals surface area contributed by atoms with Crippen LogP contribution in [-0.4, -0.2) is 36.8 Å². The number of aromatic nitrogens is 5. The smallest absolute Gasteiger partial charge is 0.272 e. The minimum atomic E-state index is -0.139. The molecule has 3 heterocycles. The molecule has 1 aliphatic rings. The summed E-state index contributed by atoms with van der Waals surface area (Å²) in [6, 6.07) is 13.8. The minimum absolute atomic E-state index is 0.139. The van der Waals surface area contributed by atoms with Gasteiger partial charge in [-0.25, -0.2) is 0 Å². The van der Waals surface area contributed by atoms with E-state index < -0.39 is 0 Å². The molecule has 0 radical (unpaired) electrons. The lowest BCUT2D eigenvalue weighted by Crippen LogP contribution is -2.27. The van der Waals surface area contributed by atoms with E-state index in [1.807, 2.05) is 51.7 Å². The van der Waals surface area contributed by atoms with Crippen molar-refractivity contribution in [2.45, 2.75) is 51.5 Å². The number of rotatable bonds is 8. The van der Waals surface area contributed by atoms with Crippen molar-refractivity contribution in [1.82, 2.24) is 29.7 Å². The highest BCUT2D eigenvalue weighted by Gasteiger charge is 2.18. The predicted molar refractivity (Wildman–Crippen MR) is 120 cm³/mol. The van der Waals surface area contributed by atoms with E-state index in [1.54, 1.807) is 0 Å². The van der Waals surface area contributed by atoms with E-state index in [2.05, 4.69) is 21.6 Å². The molecular formula is C24H28N6O. The van der Waals surface area contributed by atoms with Gasteiger partial charge in [0.25, 0.3) is 5.91 Å². The van der Waals surface area contributed by atoms with E-state index in [-0.39, 0.29) is 5.91 Å². The maximum absolute atomic E-state index is 12.9. The molecule has 7 nitrogen and oxygen atoms in total. The summed E-state index contributed by atoms with van der Waals surface area (Å²) in [5, 5.41) is 17.0. The lowest BCUT2D eigenvalue weighted by Gasteiger charge is -2.08. The molecule has 1 aromatic carbocycles. The third-order valence-electron chi connectivity index (χ3n) is 6.35. The quantitative estimate of drug-likeness (QED) is 0.471. The third-order valence-corrected chi connectivity index (χ3v) is 6.35. The number of carbonyl (C=O) groups excluding carboxylic acids is 1. The van der Waals surface area contributed by atoms with Crippen molar-refractivity contribution in [3.63, 3.8) is 0 Å². The van der Waals surface area contributed by atoms with Gasteiger partial charge in [0.05, 0.1) is 5.52 Å². The summed E-state index contributed by atoms with van der Waals surface area (Å²) >= 11 is 0. The Labute approximate surface area is 181 Å². The van der Waals surface area contributed by atoms with E-state index in [0.717, 1.165) is 41.3 Å². The number of pyridine rings is 1. The molecule has 7 heteroatoms. The number of amides is 1. The van der Waals surface area contributed by atoms with Crippen LogP contribution in [0.25, 0.3) is 16.6 Å². The SMILES string of the molecule is O=C(NCCc1nnc2ccccn12)c1nn(CCCC2CCCC2)c2ccccc12. The molecule has 160 valence electrons. The molecule has 0 aliphatic heterocycles. The van der Waals surface area contributed by atoms with Crippen molar-refractivity contribution < 1.29 is 4.79 Å². The molecule has 1 saturated carbocycles. The third kappa shape index (κ3) is 4.17. The highest BCUT2D eigenvalue weighted by atomic mass is 16.1. The lowest BCUT2D eigenvalue weighted by atomic mass is 10.0. The van der Waals surface area contributed by atoms with Crippen LogP contribution in [0.2, 0.25) is 0 Å². The standard InChI is InChI=1S/C24H28N6O/c31-24(25-15-14-22-27-26-21-13-5-6-16-29(21)22)23-19-11-3-4-12-20(19)30(28-23)17-7-10-18-8-1-2-9-18/h3-6,11-13,16,18H,1-2,7-10,14-15,17H2,(H,25,31). The molecule has 31 heavy (non-hydrogen) atoms. The fourth-order valence-corrected chi connectivity index (χ4v) is 4.73. The monoisotopic (exact) mass is 416 g/mol. The van der Waals surface area contributed by atoms with Crippen molar-refractivity contribution in [3.05, 3.63) is 60.2 Å². The molecule has 1 amide bonds. The second kappa shape index (κ2) is 8.88. The molecule has 1 aliphatic carbocycles. The number of para-hydroxylation sites is 1. The summed E-state index contributed by atoms with van der Waals surface area (Å²) in [6.45, 7) is 1.34. The van der Waals surface area contributed by atoms with Gasteiger partial charge in [-0.3, -0.25) is 13.9 Å². The average Bonchev–Trinajstić information content (AvgIpc) is 3.54. The van der Waals surface area contributed by atoms with Gasteiger partial charge >= 0.3 is 0 Å². The van der Waals surface area contributed by atoms with Crippen LogP contribution >= 0.6 is 0 Å². The number of fused-ring (bicyclic) bond motifs is 2. The van der Waals surface area contributed by atoms with Crippen LogP contribution in [0.5, 0.6) is 0 Å². The molecule has 3 aromatic heterocycles. The van der Waals surface area contributed by atoms with Crippen LogP contribution in [-0.2, 0) is 13.0 Å². The van der Waals surface area contributed by atoms with E-state index in [1.165, 1.54) is 32.1 Å². The highest BCUT2D eigenvalue weighted by molar-refractivity contribution is 6.04. The van der Waals surface area contributed by atoms with Crippen LogP contribution < -0.4 is 5.32 Å². The van der Waals surface area contributed by atoms with Crippen LogP contribution in [0.1, 0.15) is 54.8 Å². The molecule has 0 saturated heterocycles. The lowest BCUT2D eigenvalue weighted by molar-refractivity contribution is 0.0949. The van der Waals surface area contributed by atoms with E-state index in [9.17, 15) is 4.79 Å². The van der Waals surface area contributed by atoms with Crippen molar-refractivity contribution in [2.24, 2.45) is 5.92 Å². The van der Waals surface area contributed by atoms with Crippen LogP contribution in [0.15, 0.2) is 48.7 Å². The summed E-state index contributed by atoms with van der Waals surface area (Å²) in [7, 11) is 0. The number of aryl methyl sites for hydroxylation is 1.